The summed E-state index contributed by atoms with van der Waals surface area (Å²) in [5.41, 5.74) is 4.89. The fraction of sp³-hybridized carbons (Fsp3) is 0.700. The molecule has 1 rings (SSSR count). The summed E-state index contributed by atoms with van der Waals surface area (Å²) in [6.45, 7) is 0. The number of carbonyl (C=O) groups is 3. The summed E-state index contributed by atoms with van der Waals surface area (Å²) in [7, 11) is 1.59. The van der Waals surface area contributed by atoms with Crippen LogP contribution in [0.25, 0.3) is 0 Å². The average molecular weight is 259 g/mol. The van der Waals surface area contributed by atoms with E-state index in [4.69, 9.17) is 15.6 Å². The Kier molecular flexibility index (Phi) is 4.90. The van der Waals surface area contributed by atoms with Crippen LogP contribution >= 0.6 is 0 Å². The van der Waals surface area contributed by atoms with Gasteiger partial charge in [0, 0.05) is 13.2 Å². The molecule has 0 radical (unpaired) electrons. The largest absolute Gasteiger partial charge is 0.480 e. The van der Waals surface area contributed by atoms with Crippen molar-refractivity contribution in [1.29, 1.82) is 0 Å². The predicted octanol–water partition coefficient (Wildman–Crippen LogP) is -1.21. The maximum absolute atomic E-state index is 11.5. The van der Waals surface area contributed by atoms with E-state index in [-0.39, 0.29) is 12.1 Å². The molecular weight excluding hydrogens is 242 g/mol. The van der Waals surface area contributed by atoms with Gasteiger partial charge in [0.15, 0.2) is 0 Å². The first-order chi connectivity index (χ1) is 8.42. The number of rotatable bonds is 6. The van der Waals surface area contributed by atoms with Crippen LogP contribution in [0.1, 0.15) is 19.3 Å². The highest BCUT2D eigenvalue weighted by Crippen LogP contribution is 2.22. The van der Waals surface area contributed by atoms with Crippen LogP contribution in [-0.4, -0.2) is 48.3 Å². The Bertz CT molecular complexity index is 340. The van der Waals surface area contributed by atoms with E-state index in [2.05, 4.69) is 10.6 Å². The lowest BCUT2D eigenvalue weighted by molar-refractivity contribution is -0.140. The molecule has 0 aromatic carbocycles. The van der Waals surface area contributed by atoms with E-state index in [0.29, 0.717) is 12.8 Å². The first kappa shape index (κ1) is 14.2. The minimum Gasteiger partial charge on any atom is -0.480 e. The summed E-state index contributed by atoms with van der Waals surface area (Å²) in [6, 6.07) is -1.96. The zero-order valence-corrected chi connectivity index (χ0v) is 10.0. The Morgan fingerprint density at radius 2 is 2.06 bits per heavy atom. The van der Waals surface area contributed by atoms with Crippen LogP contribution in [0.3, 0.4) is 0 Å². The first-order valence-corrected chi connectivity index (χ1v) is 5.53. The van der Waals surface area contributed by atoms with E-state index < -0.39 is 30.4 Å². The van der Waals surface area contributed by atoms with E-state index >= 15 is 0 Å². The number of carbonyl (C=O) groups excluding carboxylic acids is 2. The van der Waals surface area contributed by atoms with Gasteiger partial charge in [0.2, 0.25) is 5.91 Å². The van der Waals surface area contributed by atoms with Crippen molar-refractivity contribution in [1.82, 2.24) is 10.6 Å². The number of hydrogen-bond donors (Lipinski definition) is 4. The molecule has 1 aliphatic rings. The van der Waals surface area contributed by atoms with Crippen molar-refractivity contribution >= 4 is 17.9 Å². The molecule has 1 fully saturated rings. The van der Waals surface area contributed by atoms with Crippen molar-refractivity contribution < 1.29 is 24.2 Å². The van der Waals surface area contributed by atoms with Crippen molar-refractivity contribution in [2.45, 2.75) is 37.5 Å². The van der Waals surface area contributed by atoms with Crippen molar-refractivity contribution in [3.05, 3.63) is 0 Å². The highest BCUT2D eigenvalue weighted by Gasteiger charge is 2.31. The van der Waals surface area contributed by atoms with Gasteiger partial charge in [-0.1, -0.05) is 0 Å². The van der Waals surface area contributed by atoms with Crippen LogP contribution in [0.4, 0.5) is 4.79 Å². The predicted molar refractivity (Wildman–Crippen MR) is 60.7 cm³/mol. The van der Waals surface area contributed by atoms with Gasteiger partial charge in [-0.15, -0.1) is 0 Å². The number of ether oxygens (including phenoxy) is 1. The van der Waals surface area contributed by atoms with Gasteiger partial charge in [0.05, 0.1) is 12.5 Å². The lowest BCUT2D eigenvalue weighted by Crippen LogP contribution is -2.54. The van der Waals surface area contributed by atoms with Gasteiger partial charge >= 0.3 is 12.0 Å². The lowest BCUT2D eigenvalue weighted by atomic mass is 9.89. The molecule has 3 amide bonds. The number of primary amides is 1. The zero-order chi connectivity index (χ0) is 13.7. The minimum absolute atomic E-state index is 0.0297. The summed E-state index contributed by atoms with van der Waals surface area (Å²) in [5, 5.41) is 13.6. The van der Waals surface area contributed by atoms with Gasteiger partial charge in [-0.25, -0.2) is 9.59 Å². The third-order valence-electron chi connectivity index (χ3n) is 2.77. The number of methoxy groups -OCH3 is 1. The van der Waals surface area contributed by atoms with Gasteiger partial charge in [-0.05, 0) is 12.8 Å². The Balaban J connectivity index is 2.33. The van der Waals surface area contributed by atoms with Crippen molar-refractivity contribution in [2.75, 3.05) is 7.11 Å². The van der Waals surface area contributed by atoms with E-state index in [1.54, 1.807) is 7.11 Å². The molecule has 1 atom stereocenters. The van der Waals surface area contributed by atoms with Crippen LogP contribution < -0.4 is 16.4 Å². The van der Waals surface area contributed by atoms with Gasteiger partial charge in [-0.2, -0.15) is 0 Å². The van der Waals surface area contributed by atoms with Gasteiger partial charge in [0.1, 0.15) is 6.04 Å². The molecule has 0 saturated heterocycles. The quantitative estimate of drug-likeness (QED) is 0.475. The second-order valence-electron chi connectivity index (χ2n) is 4.21. The van der Waals surface area contributed by atoms with Crippen LogP contribution in [0.5, 0.6) is 0 Å². The second kappa shape index (κ2) is 6.20. The third-order valence-corrected chi connectivity index (χ3v) is 2.77. The Morgan fingerprint density at radius 3 is 2.50 bits per heavy atom. The van der Waals surface area contributed by atoms with Gasteiger partial charge in [0.25, 0.3) is 0 Å². The van der Waals surface area contributed by atoms with Gasteiger partial charge < -0.3 is 26.2 Å². The molecule has 1 saturated carbocycles. The molecule has 102 valence electrons. The summed E-state index contributed by atoms with van der Waals surface area (Å²) in [5.74, 6) is -2.09. The van der Waals surface area contributed by atoms with E-state index in [1.807, 2.05) is 0 Å². The van der Waals surface area contributed by atoms with E-state index in [0.717, 1.165) is 0 Å². The molecule has 8 nitrogen and oxygen atoms in total. The number of nitrogens with one attached hydrogen (secondary N) is 2. The number of hydrogen-bond acceptors (Lipinski definition) is 4. The molecule has 5 N–H and O–H groups in total. The van der Waals surface area contributed by atoms with Crippen LogP contribution in [-0.2, 0) is 14.3 Å². The normalized spacial score (nSPS) is 23.6. The molecule has 0 spiro atoms. The smallest absolute Gasteiger partial charge is 0.326 e. The number of carboxylic acids is 1. The summed E-state index contributed by atoms with van der Waals surface area (Å²) >= 11 is 0. The molecule has 1 unspecified atom stereocenters. The number of aliphatic carboxylic acids is 1. The van der Waals surface area contributed by atoms with Crippen molar-refractivity contribution in [3.8, 4) is 0 Å². The van der Waals surface area contributed by atoms with E-state index in [9.17, 15) is 14.4 Å². The van der Waals surface area contributed by atoms with E-state index in [1.165, 1.54) is 0 Å². The number of urea groups is 1. The van der Waals surface area contributed by atoms with Crippen LogP contribution in [0.2, 0.25) is 0 Å². The average Bonchev–Trinajstić information content (AvgIpc) is 2.20. The zero-order valence-electron chi connectivity index (χ0n) is 10.0. The fourth-order valence-corrected chi connectivity index (χ4v) is 1.66. The molecule has 0 aromatic heterocycles. The summed E-state index contributed by atoms with van der Waals surface area (Å²) < 4.78 is 5.04. The molecule has 8 heteroatoms. The number of amides is 3. The Morgan fingerprint density at radius 1 is 1.44 bits per heavy atom. The molecule has 18 heavy (non-hydrogen) atoms. The van der Waals surface area contributed by atoms with Gasteiger partial charge in [-0.3, -0.25) is 4.79 Å². The Hall–Kier alpha value is -1.83. The SMILES string of the molecule is COC1CC(NC(=O)NC(CC(N)=O)C(=O)O)C1. The molecule has 0 heterocycles. The highest BCUT2D eigenvalue weighted by atomic mass is 16.5. The molecule has 1 aliphatic carbocycles. The maximum atomic E-state index is 11.5. The van der Waals surface area contributed by atoms with Crippen LogP contribution in [0, 0.1) is 0 Å². The summed E-state index contributed by atoms with van der Waals surface area (Å²) in [4.78, 5) is 32.9. The maximum Gasteiger partial charge on any atom is 0.326 e. The number of nitrogens with two attached hydrogens (primary N) is 1. The molecular formula is C10H17N3O5. The van der Waals surface area contributed by atoms with Crippen molar-refractivity contribution in [2.24, 2.45) is 5.73 Å². The molecule has 0 bridgehead atoms. The Labute approximate surface area is 104 Å². The monoisotopic (exact) mass is 259 g/mol. The summed E-state index contributed by atoms with van der Waals surface area (Å²) in [6.07, 6.45) is 1.08. The third kappa shape index (κ3) is 4.21. The highest BCUT2D eigenvalue weighted by molar-refractivity contribution is 5.87. The lowest BCUT2D eigenvalue weighted by Gasteiger charge is -2.34. The second-order valence-corrected chi connectivity index (χ2v) is 4.21. The molecule has 0 aliphatic heterocycles. The molecule has 0 aromatic rings. The first-order valence-electron chi connectivity index (χ1n) is 5.53. The standard InChI is InChI=1S/C10H17N3O5/c1-18-6-2-5(3-6)12-10(17)13-7(9(15)16)4-8(11)14/h5-7H,2-4H2,1H3,(H2,11,14)(H,15,16)(H2,12,13,17). The number of carboxylic acid groups (broad SMARTS) is 1. The fourth-order valence-electron chi connectivity index (χ4n) is 1.66. The van der Waals surface area contributed by atoms with Crippen molar-refractivity contribution in [3.63, 3.8) is 0 Å². The topological polar surface area (TPSA) is 131 Å². The van der Waals surface area contributed by atoms with Crippen LogP contribution in [0.15, 0.2) is 0 Å². The minimum atomic E-state index is -1.30.